The van der Waals surface area contributed by atoms with Crippen LogP contribution in [0.15, 0.2) is 17.9 Å². The first-order chi connectivity index (χ1) is 9.25. The number of halogens is 1. The van der Waals surface area contributed by atoms with Crippen LogP contribution in [0.1, 0.15) is 33.3 Å². The number of aromatic nitrogens is 2. The second-order valence-corrected chi connectivity index (χ2v) is 5.75. The summed E-state index contributed by atoms with van der Waals surface area (Å²) >= 11 is 0. The second-order valence-electron chi connectivity index (χ2n) is 5.75. The smallest absolute Gasteiger partial charge is 0.400 e. The molecule has 0 radical (unpaired) electrons. The van der Waals surface area contributed by atoms with Crippen molar-refractivity contribution in [2.24, 2.45) is 0 Å². The van der Waals surface area contributed by atoms with Crippen molar-refractivity contribution in [2.45, 2.75) is 38.9 Å². The van der Waals surface area contributed by atoms with Gasteiger partial charge in [-0.05, 0) is 33.2 Å². The molecule has 0 unspecified atom stereocenters. The third-order valence-corrected chi connectivity index (χ3v) is 3.73. The molecule has 108 valence electrons. The van der Waals surface area contributed by atoms with Crippen molar-refractivity contribution < 1.29 is 18.8 Å². The van der Waals surface area contributed by atoms with Crippen molar-refractivity contribution in [3.8, 4) is 0 Å². The molecule has 0 aliphatic carbocycles. The molecule has 2 heterocycles. The fourth-order valence-corrected chi connectivity index (χ4v) is 1.79. The van der Waals surface area contributed by atoms with E-state index in [1.807, 2.05) is 27.7 Å². The third-order valence-electron chi connectivity index (χ3n) is 3.73. The quantitative estimate of drug-likeness (QED) is 0.673. The molecule has 0 aromatic carbocycles. The molecule has 0 spiro atoms. The SMILES string of the molecule is CC1(C)OB(C(=Cc2cnc(F)nc2)CO)OC1(C)C. The predicted octanol–water partition coefficient (Wildman–Crippen LogP) is 1.62. The molecule has 20 heavy (non-hydrogen) atoms. The highest BCUT2D eigenvalue weighted by Crippen LogP contribution is 2.38. The minimum Gasteiger partial charge on any atom is -0.400 e. The van der Waals surface area contributed by atoms with Gasteiger partial charge < -0.3 is 14.4 Å². The first-order valence-electron chi connectivity index (χ1n) is 6.40. The Hall–Kier alpha value is -1.31. The fraction of sp³-hybridized carbons (Fsp3) is 0.538. The van der Waals surface area contributed by atoms with Crippen LogP contribution >= 0.6 is 0 Å². The molecule has 0 bridgehead atoms. The van der Waals surface area contributed by atoms with E-state index in [1.54, 1.807) is 6.08 Å². The third kappa shape index (κ3) is 2.89. The maximum atomic E-state index is 12.7. The highest BCUT2D eigenvalue weighted by Gasteiger charge is 2.52. The summed E-state index contributed by atoms with van der Waals surface area (Å²) < 4.78 is 24.4. The van der Waals surface area contributed by atoms with E-state index in [9.17, 15) is 9.50 Å². The molecule has 1 saturated heterocycles. The Labute approximate surface area is 118 Å². The van der Waals surface area contributed by atoms with E-state index in [0.717, 1.165) is 0 Å². The molecule has 1 aliphatic rings. The molecule has 0 amide bonds. The van der Waals surface area contributed by atoms with Gasteiger partial charge in [-0.25, -0.2) is 9.97 Å². The van der Waals surface area contributed by atoms with Crippen LogP contribution in [0.3, 0.4) is 0 Å². The van der Waals surface area contributed by atoms with E-state index in [1.165, 1.54) is 12.4 Å². The maximum absolute atomic E-state index is 12.7. The Balaban J connectivity index is 2.24. The molecule has 1 N–H and O–H groups in total. The van der Waals surface area contributed by atoms with Gasteiger partial charge in [-0.3, -0.25) is 0 Å². The minimum atomic E-state index is -0.789. The van der Waals surface area contributed by atoms with Gasteiger partial charge in [0.1, 0.15) is 0 Å². The number of hydrogen-bond acceptors (Lipinski definition) is 5. The fourth-order valence-electron chi connectivity index (χ4n) is 1.79. The van der Waals surface area contributed by atoms with Gasteiger partial charge in [0.15, 0.2) is 0 Å². The summed E-state index contributed by atoms with van der Waals surface area (Å²) in [6.45, 7) is 7.51. The summed E-state index contributed by atoms with van der Waals surface area (Å²) in [5, 5.41) is 9.50. The van der Waals surface area contributed by atoms with Gasteiger partial charge in [0.25, 0.3) is 0 Å². The van der Waals surface area contributed by atoms with Crippen molar-refractivity contribution in [3.05, 3.63) is 29.5 Å². The number of aliphatic hydroxyl groups excluding tert-OH is 1. The lowest BCUT2D eigenvalue weighted by Gasteiger charge is -2.32. The second kappa shape index (κ2) is 5.23. The lowest BCUT2D eigenvalue weighted by atomic mass is 9.78. The lowest BCUT2D eigenvalue weighted by molar-refractivity contribution is 0.00578. The first kappa shape index (κ1) is 15.1. The molecule has 5 nitrogen and oxygen atoms in total. The Morgan fingerprint density at radius 2 is 1.75 bits per heavy atom. The number of aliphatic hydroxyl groups is 1. The largest absolute Gasteiger partial charge is 0.492 e. The highest BCUT2D eigenvalue weighted by atomic mass is 19.1. The Kier molecular flexibility index (Phi) is 3.95. The summed E-state index contributed by atoms with van der Waals surface area (Å²) in [7, 11) is -0.643. The molecule has 1 aromatic heterocycles. The number of rotatable bonds is 3. The highest BCUT2D eigenvalue weighted by molar-refractivity contribution is 6.55. The van der Waals surface area contributed by atoms with Gasteiger partial charge in [-0.2, -0.15) is 4.39 Å². The molecule has 1 aromatic rings. The zero-order valence-corrected chi connectivity index (χ0v) is 12.1. The van der Waals surface area contributed by atoms with Crippen LogP contribution in [-0.2, 0) is 9.31 Å². The van der Waals surface area contributed by atoms with Crippen LogP contribution < -0.4 is 0 Å². The monoisotopic (exact) mass is 280 g/mol. The average molecular weight is 280 g/mol. The molecular weight excluding hydrogens is 262 g/mol. The van der Waals surface area contributed by atoms with E-state index in [2.05, 4.69) is 9.97 Å². The Bertz CT molecular complexity index is 501. The number of hydrogen-bond donors (Lipinski definition) is 1. The topological polar surface area (TPSA) is 64.5 Å². The van der Waals surface area contributed by atoms with Crippen molar-refractivity contribution in [2.75, 3.05) is 6.61 Å². The molecule has 1 fully saturated rings. The van der Waals surface area contributed by atoms with Crippen LogP contribution in [0.5, 0.6) is 0 Å². The summed E-state index contributed by atoms with van der Waals surface area (Å²) in [5.74, 6) is 0. The van der Waals surface area contributed by atoms with Gasteiger partial charge in [0.05, 0.1) is 17.8 Å². The molecular formula is C13H18BFN2O3. The summed E-state index contributed by atoms with van der Waals surface area (Å²) in [5.41, 5.74) is 0.153. The van der Waals surface area contributed by atoms with E-state index >= 15 is 0 Å². The van der Waals surface area contributed by atoms with Crippen LogP contribution in [0, 0.1) is 6.08 Å². The van der Waals surface area contributed by atoms with Gasteiger partial charge >= 0.3 is 13.2 Å². The zero-order valence-electron chi connectivity index (χ0n) is 12.1. The van der Waals surface area contributed by atoms with Gasteiger partial charge in [0.2, 0.25) is 0 Å². The maximum Gasteiger partial charge on any atom is 0.492 e. The summed E-state index contributed by atoms with van der Waals surface area (Å²) in [6, 6.07) is 0. The lowest BCUT2D eigenvalue weighted by Crippen LogP contribution is -2.41. The van der Waals surface area contributed by atoms with Gasteiger partial charge in [-0.15, -0.1) is 0 Å². The van der Waals surface area contributed by atoms with Crippen LogP contribution in [-0.4, -0.2) is 40.0 Å². The Morgan fingerprint density at radius 1 is 1.25 bits per heavy atom. The number of nitrogens with zero attached hydrogens (tertiary/aromatic N) is 2. The van der Waals surface area contributed by atoms with Crippen molar-refractivity contribution >= 4 is 13.2 Å². The zero-order chi connectivity index (χ0) is 15.0. The standard InChI is InChI=1S/C13H18BFN2O3/c1-12(2)13(3,4)20-14(19-12)10(8-18)5-9-6-16-11(15)17-7-9/h5-7,18H,8H2,1-4H3. The molecule has 0 atom stereocenters. The molecule has 2 rings (SSSR count). The normalized spacial score (nSPS) is 21.3. The molecule has 1 aliphatic heterocycles. The van der Waals surface area contributed by atoms with Crippen LogP contribution in [0.4, 0.5) is 4.39 Å². The first-order valence-corrected chi connectivity index (χ1v) is 6.40. The summed E-state index contributed by atoms with van der Waals surface area (Å²) in [4.78, 5) is 6.93. The van der Waals surface area contributed by atoms with Crippen LogP contribution in [0.2, 0.25) is 0 Å². The average Bonchev–Trinajstić information content (AvgIpc) is 2.57. The van der Waals surface area contributed by atoms with Crippen molar-refractivity contribution in [3.63, 3.8) is 0 Å². The minimum absolute atomic E-state index is 0.228. The van der Waals surface area contributed by atoms with Crippen molar-refractivity contribution in [1.29, 1.82) is 0 Å². The van der Waals surface area contributed by atoms with E-state index in [-0.39, 0.29) is 6.61 Å². The summed E-state index contributed by atoms with van der Waals surface area (Å²) in [6.07, 6.45) is 3.52. The van der Waals surface area contributed by atoms with Crippen molar-refractivity contribution in [1.82, 2.24) is 9.97 Å². The van der Waals surface area contributed by atoms with E-state index in [0.29, 0.717) is 11.0 Å². The van der Waals surface area contributed by atoms with Gasteiger partial charge in [0, 0.05) is 18.0 Å². The van der Waals surface area contributed by atoms with E-state index in [4.69, 9.17) is 9.31 Å². The van der Waals surface area contributed by atoms with Crippen LogP contribution in [0.25, 0.3) is 6.08 Å². The Morgan fingerprint density at radius 3 is 2.20 bits per heavy atom. The predicted molar refractivity (Wildman–Crippen MR) is 73.1 cm³/mol. The van der Waals surface area contributed by atoms with Gasteiger partial charge in [-0.1, -0.05) is 6.08 Å². The molecule has 0 saturated carbocycles. The molecule has 7 heteroatoms. The van der Waals surface area contributed by atoms with E-state index < -0.39 is 24.4 Å².